The number of benzene rings is 1. The van der Waals surface area contributed by atoms with Crippen LogP contribution in [0.2, 0.25) is 0 Å². The zero-order valence-corrected chi connectivity index (χ0v) is 10.9. The van der Waals surface area contributed by atoms with Gasteiger partial charge in [-0.05, 0) is 18.1 Å². The van der Waals surface area contributed by atoms with Crippen molar-refractivity contribution in [3.05, 3.63) is 29.6 Å². The molecule has 102 valence electrons. The molecule has 7 heteroatoms. The van der Waals surface area contributed by atoms with E-state index in [4.69, 9.17) is 0 Å². The Labute approximate surface area is 104 Å². The molecule has 1 aromatic carbocycles. The fraction of sp³-hybridized carbons (Fsp3) is 0.455. The summed E-state index contributed by atoms with van der Waals surface area (Å²) in [5.41, 5.74) is -0.0506. The lowest BCUT2D eigenvalue weighted by molar-refractivity contribution is 0.103. The number of hydrogen-bond donors (Lipinski definition) is 0. The molecule has 0 aliphatic rings. The van der Waals surface area contributed by atoms with Gasteiger partial charge in [-0.1, -0.05) is 19.9 Å². The highest BCUT2D eigenvalue weighted by Crippen LogP contribution is 2.32. The van der Waals surface area contributed by atoms with Crippen LogP contribution < -0.4 is 4.18 Å². The fourth-order valence-electron chi connectivity index (χ4n) is 1.34. The largest absolute Gasteiger partial charge is 0.378 e. The minimum atomic E-state index is -5.12. The lowest BCUT2D eigenvalue weighted by Gasteiger charge is -2.17. The van der Waals surface area contributed by atoms with Crippen LogP contribution in [0, 0.1) is 5.82 Å². The van der Waals surface area contributed by atoms with Crippen molar-refractivity contribution in [1.29, 1.82) is 0 Å². The summed E-state index contributed by atoms with van der Waals surface area (Å²) < 4.78 is 65.9. The van der Waals surface area contributed by atoms with E-state index in [1.165, 1.54) is 6.07 Å². The van der Waals surface area contributed by atoms with Crippen molar-refractivity contribution in [3.63, 3.8) is 0 Å². The molecule has 0 unspecified atom stereocenters. The number of halogens is 3. The van der Waals surface area contributed by atoms with Crippen LogP contribution in [0.5, 0.6) is 5.75 Å². The molecule has 0 saturated carbocycles. The van der Waals surface area contributed by atoms with Gasteiger partial charge in [0, 0.05) is 12.5 Å². The van der Waals surface area contributed by atoms with Gasteiger partial charge in [-0.25, -0.2) is 4.39 Å². The van der Waals surface area contributed by atoms with Crippen LogP contribution in [-0.2, 0) is 10.1 Å². The first kappa shape index (κ1) is 14.8. The lowest BCUT2D eigenvalue weighted by Crippen LogP contribution is -2.29. The van der Waals surface area contributed by atoms with Crippen LogP contribution in [0.4, 0.5) is 13.2 Å². The second-order valence-electron chi connectivity index (χ2n) is 4.15. The molecule has 0 saturated heterocycles. The van der Waals surface area contributed by atoms with Crippen LogP contribution in [0.3, 0.4) is 0 Å². The summed E-state index contributed by atoms with van der Waals surface area (Å²) in [6.45, 7) is 3.40. The van der Waals surface area contributed by atoms with E-state index < -0.39 is 32.9 Å². The summed E-state index contributed by atoms with van der Waals surface area (Å²) in [5, 5.41) is -4.05. The molecule has 0 aromatic heterocycles. The normalized spacial score (nSPS) is 12.8. The molecule has 0 amide bonds. The van der Waals surface area contributed by atoms with Gasteiger partial charge in [0.15, 0.2) is 0 Å². The zero-order valence-electron chi connectivity index (χ0n) is 10.1. The Morgan fingerprint density at radius 2 is 1.83 bits per heavy atom. The van der Waals surface area contributed by atoms with Crippen molar-refractivity contribution in [1.82, 2.24) is 0 Å². The van der Waals surface area contributed by atoms with Crippen molar-refractivity contribution in [2.75, 3.05) is 0 Å². The van der Waals surface area contributed by atoms with Gasteiger partial charge in [0.25, 0.3) is 0 Å². The Bertz CT molecular complexity index is 533. The van der Waals surface area contributed by atoms with E-state index in [-0.39, 0.29) is 12.5 Å². The molecule has 0 radical (unpaired) electrons. The number of rotatable bonds is 4. The van der Waals surface area contributed by atoms with Crippen molar-refractivity contribution < 1.29 is 25.8 Å². The van der Waals surface area contributed by atoms with E-state index in [9.17, 15) is 21.6 Å². The maximum Gasteiger partial charge on any atom is 0.377 e. The second kappa shape index (κ2) is 4.79. The first-order valence-electron chi connectivity index (χ1n) is 5.16. The molecule has 0 atom stereocenters. The first-order chi connectivity index (χ1) is 8.06. The van der Waals surface area contributed by atoms with Crippen LogP contribution in [0.15, 0.2) is 18.2 Å². The molecule has 18 heavy (non-hydrogen) atoms. The van der Waals surface area contributed by atoms with E-state index in [2.05, 4.69) is 4.18 Å². The zero-order chi connectivity index (χ0) is 14.1. The van der Waals surface area contributed by atoms with E-state index in [1.54, 1.807) is 13.8 Å². The van der Waals surface area contributed by atoms with Gasteiger partial charge < -0.3 is 4.18 Å². The average Bonchev–Trinajstić information content (AvgIpc) is 2.14. The average molecular weight is 282 g/mol. The Morgan fingerprint density at radius 3 is 2.28 bits per heavy atom. The first-order valence-corrected chi connectivity index (χ1v) is 6.57. The van der Waals surface area contributed by atoms with E-state index >= 15 is 0 Å². The van der Waals surface area contributed by atoms with Gasteiger partial charge in [-0.3, -0.25) is 0 Å². The monoisotopic (exact) mass is 282 g/mol. The quantitative estimate of drug-likeness (QED) is 0.796. The lowest BCUT2D eigenvalue weighted by atomic mass is 10.0. The standard InChI is InChI=1S/C11H13F3O3S/c1-7(2)10-8(12)5-4-6-9(10)17-18(15,16)11(3,13)14/h4-7H,1-3H3. The topological polar surface area (TPSA) is 43.4 Å². The Hall–Kier alpha value is -1.24. The van der Waals surface area contributed by atoms with Gasteiger partial charge in [0.05, 0.1) is 0 Å². The molecule has 1 aromatic rings. The molecule has 3 nitrogen and oxygen atoms in total. The molecule has 1 rings (SSSR count). The highest BCUT2D eigenvalue weighted by atomic mass is 32.2. The molecule has 0 bridgehead atoms. The predicted molar refractivity (Wildman–Crippen MR) is 60.7 cm³/mol. The van der Waals surface area contributed by atoms with Crippen LogP contribution in [0.1, 0.15) is 32.3 Å². The Balaban J connectivity index is 3.26. The number of alkyl halides is 2. The van der Waals surface area contributed by atoms with Crippen LogP contribution >= 0.6 is 0 Å². The number of hydrogen-bond acceptors (Lipinski definition) is 3. The summed E-state index contributed by atoms with van der Waals surface area (Å²) in [7, 11) is -5.12. The maximum absolute atomic E-state index is 13.5. The van der Waals surface area contributed by atoms with Crippen LogP contribution in [0.25, 0.3) is 0 Å². The Morgan fingerprint density at radius 1 is 1.28 bits per heavy atom. The highest BCUT2D eigenvalue weighted by molar-refractivity contribution is 7.88. The van der Waals surface area contributed by atoms with E-state index in [1.807, 2.05) is 0 Å². The van der Waals surface area contributed by atoms with Gasteiger partial charge in [-0.2, -0.15) is 17.2 Å². The summed E-state index contributed by atoms with van der Waals surface area (Å²) in [6.07, 6.45) is 0. The van der Waals surface area contributed by atoms with E-state index in [0.717, 1.165) is 12.1 Å². The van der Waals surface area contributed by atoms with Gasteiger partial charge in [0.1, 0.15) is 11.6 Å². The van der Waals surface area contributed by atoms with E-state index in [0.29, 0.717) is 0 Å². The third kappa shape index (κ3) is 2.95. The van der Waals surface area contributed by atoms with Crippen molar-refractivity contribution in [2.24, 2.45) is 0 Å². The van der Waals surface area contributed by atoms with Crippen LogP contribution in [-0.4, -0.2) is 13.7 Å². The molecule has 0 heterocycles. The van der Waals surface area contributed by atoms with Gasteiger partial charge in [0.2, 0.25) is 0 Å². The molecular formula is C11H13F3O3S. The molecule has 0 fully saturated rings. The molecule has 0 aliphatic carbocycles. The minimum absolute atomic E-state index is 0.0506. The summed E-state index contributed by atoms with van der Waals surface area (Å²) >= 11 is 0. The van der Waals surface area contributed by atoms with Crippen molar-refractivity contribution >= 4 is 10.1 Å². The molecule has 0 spiro atoms. The fourth-order valence-corrected chi connectivity index (χ4v) is 1.87. The molecule has 0 aliphatic heterocycles. The molecule has 0 N–H and O–H groups in total. The summed E-state index contributed by atoms with van der Waals surface area (Å²) in [4.78, 5) is 0. The van der Waals surface area contributed by atoms with Crippen molar-refractivity contribution in [3.8, 4) is 5.75 Å². The summed E-state index contributed by atoms with van der Waals surface area (Å²) in [5.74, 6) is -1.51. The molecular weight excluding hydrogens is 269 g/mol. The van der Waals surface area contributed by atoms with Gasteiger partial charge in [-0.15, -0.1) is 0 Å². The van der Waals surface area contributed by atoms with Gasteiger partial charge >= 0.3 is 15.4 Å². The highest BCUT2D eigenvalue weighted by Gasteiger charge is 2.42. The third-order valence-electron chi connectivity index (χ3n) is 2.23. The summed E-state index contributed by atoms with van der Waals surface area (Å²) in [6, 6.07) is 3.44. The maximum atomic E-state index is 13.5. The van der Waals surface area contributed by atoms with Crippen molar-refractivity contribution in [2.45, 2.75) is 31.9 Å². The predicted octanol–water partition coefficient (Wildman–Crippen LogP) is 3.27. The minimum Gasteiger partial charge on any atom is -0.378 e. The SMILES string of the molecule is CC(C)c1c(F)cccc1OS(=O)(=O)C(C)(F)F. The smallest absolute Gasteiger partial charge is 0.377 e. The third-order valence-corrected chi connectivity index (χ3v) is 3.51. The Kier molecular flexibility index (Phi) is 3.95. The second-order valence-corrected chi connectivity index (χ2v) is 5.94.